The van der Waals surface area contributed by atoms with Crippen molar-refractivity contribution in [2.45, 2.75) is 54.8 Å². The van der Waals surface area contributed by atoms with Gasteiger partial charge in [-0.1, -0.05) is 22.4 Å². The summed E-state index contributed by atoms with van der Waals surface area (Å²) < 4.78 is 0. The second kappa shape index (κ2) is 3.71. The first-order valence-corrected chi connectivity index (χ1v) is 6.46. The third-order valence-electron chi connectivity index (χ3n) is 3.78. The van der Waals surface area contributed by atoms with Crippen LogP contribution >= 0.6 is 27.5 Å². The number of hydrogen-bond acceptors (Lipinski definition) is 1. The van der Waals surface area contributed by atoms with Crippen LogP contribution in [0.5, 0.6) is 0 Å². The molecule has 1 N–H and O–H groups in total. The quantitative estimate of drug-likeness (QED) is 0.669. The van der Waals surface area contributed by atoms with Crippen molar-refractivity contribution >= 4 is 27.5 Å². The lowest BCUT2D eigenvalue weighted by Gasteiger charge is -2.51. The molecule has 2 aliphatic carbocycles. The van der Waals surface area contributed by atoms with Gasteiger partial charge in [-0.3, -0.25) is 0 Å². The maximum Gasteiger partial charge on any atom is 0.0540 e. The van der Waals surface area contributed by atoms with Crippen molar-refractivity contribution < 1.29 is 5.11 Å². The van der Waals surface area contributed by atoms with Crippen molar-refractivity contribution in [3.63, 3.8) is 0 Å². The molecule has 76 valence electrons. The smallest absolute Gasteiger partial charge is 0.0540 e. The van der Waals surface area contributed by atoms with Crippen LogP contribution in [-0.2, 0) is 0 Å². The standard InChI is InChI=1S/C10H16BrClO/c11-8-6-9(12)10(8)4-1-2-7(13)3-5-10/h7-9,13H,1-6H2. The monoisotopic (exact) mass is 266 g/mol. The van der Waals surface area contributed by atoms with Gasteiger partial charge in [-0.2, -0.15) is 0 Å². The summed E-state index contributed by atoms with van der Waals surface area (Å²) in [5.74, 6) is 0. The van der Waals surface area contributed by atoms with Gasteiger partial charge in [0, 0.05) is 10.2 Å². The van der Waals surface area contributed by atoms with Gasteiger partial charge >= 0.3 is 0 Å². The van der Waals surface area contributed by atoms with Crippen LogP contribution in [0.1, 0.15) is 38.5 Å². The normalized spacial score (nSPS) is 51.5. The molecule has 0 aliphatic heterocycles. The van der Waals surface area contributed by atoms with E-state index in [1.807, 2.05) is 0 Å². The highest BCUT2D eigenvalue weighted by Gasteiger charge is 2.52. The Balaban J connectivity index is 2.05. The molecule has 1 nitrogen and oxygen atoms in total. The molecule has 0 aromatic heterocycles. The highest BCUT2D eigenvalue weighted by molar-refractivity contribution is 9.09. The van der Waals surface area contributed by atoms with E-state index in [9.17, 15) is 5.11 Å². The summed E-state index contributed by atoms with van der Waals surface area (Å²) in [6, 6.07) is 0. The van der Waals surface area contributed by atoms with Crippen molar-refractivity contribution in [2.24, 2.45) is 5.41 Å². The lowest BCUT2D eigenvalue weighted by atomic mass is 9.63. The summed E-state index contributed by atoms with van der Waals surface area (Å²) in [6.07, 6.45) is 6.33. The van der Waals surface area contributed by atoms with E-state index in [1.165, 1.54) is 6.42 Å². The predicted molar refractivity (Wildman–Crippen MR) is 58.5 cm³/mol. The Kier molecular flexibility index (Phi) is 2.93. The fraction of sp³-hybridized carbons (Fsp3) is 1.00. The van der Waals surface area contributed by atoms with Crippen molar-refractivity contribution in [3.05, 3.63) is 0 Å². The van der Waals surface area contributed by atoms with Crippen LogP contribution in [0, 0.1) is 5.41 Å². The second-order valence-corrected chi connectivity index (χ2v) is 6.12. The number of alkyl halides is 2. The fourth-order valence-corrected chi connectivity index (χ4v) is 4.75. The number of aliphatic hydroxyl groups excluding tert-OH is 1. The molecule has 0 heterocycles. The minimum absolute atomic E-state index is 0.0801. The van der Waals surface area contributed by atoms with Crippen molar-refractivity contribution in [3.8, 4) is 0 Å². The molecule has 2 fully saturated rings. The molecule has 13 heavy (non-hydrogen) atoms. The minimum atomic E-state index is -0.0801. The van der Waals surface area contributed by atoms with E-state index in [0.717, 1.165) is 32.1 Å². The van der Waals surface area contributed by atoms with E-state index >= 15 is 0 Å². The highest BCUT2D eigenvalue weighted by atomic mass is 79.9. The van der Waals surface area contributed by atoms with E-state index in [2.05, 4.69) is 15.9 Å². The Bertz CT molecular complexity index is 189. The Hall–Kier alpha value is 0.730. The first kappa shape index (κ1) is 10.3. The predicted octanol–water partition coefficient (Wildman–Crippen LogP) is 3.07. The summed E-state index contributed by atoms with van der Waals surface area (Å²) >= 11 is 10.00. The molecule has 3 heteroatoms. The first-order chi connectivity index (χ1) is 6.15. The maximum absolute atomic E-state index is 9.56. The molecule has 0 aromatic rings. The van der Waals surface area contributed by atoms with Crippen LogP contribution in [0.4, 0.5) is 0 Å². The number of aliphatic hydroxyl groups is 1. The molecule has 0 aromatic carbocycles. The third kappa shape index (κ3) is 1.66. The molecule has 2 saturated carbocycles. The van der Waals surface area contributed by atoms with Gasteiger partial charge < -0.3 is 5.11 Å². The fourth-order valence-electron chi connectivity index (χ4n) is 2.68. The number of hydrogen-bond donors (Lipinski definition) is 1. The molecule has 0 saturated heterocycles. The summed E-state index contributed by atoms with van der Waals surface area (Å²) in [4.78, 5) is 0.591. The van der Waals surface area contributed by atoms with Crippen LogP contribution in [0.3, 0.4) is 0 Å². The van der Waals surface area contributed by atoms with E-state index in [1.54, 1.807) is 0 Å². The van der Waals surface area contributed by atoms with Gasteiger partial charge in [-0.05, 0) is 37.5 Å². The Morgan fingerprint density at radius 1 is 1.31 bits per heavy atom. The number of rotatable bonds is 0. The lowest BCUT2D eigenvalue weighted by Crippen LogP contribution is -2.51. The van der Waals surface area contributed by atoms with Crippen LogP contribution in [0.15, 0.2) is 0 Å². The Labute approximate surface area is 93.0 Å². The van der Waals surface area contributed by atoms with E-state index in [0.29, 0.717) is 15.6 Å². The molecule has 2 rings (SSSR count). The lowest BCUT2D eigenvalue weighted by molar-refractivity contribution is 0.115. The van der Waals surface area contributed by atoms with Crippen LogP contribution in [-0.4, -0.2) is 21.4 Å². The third-order valence-corrected chi connectivity index (χ3v) is 5.68. The van der Waals surface area contributed by atoms with Crippen molar-refractivity contribution in [1.29, 1.82) is 0 Å². The molecular formula is C10H16BrClO. The first-order valence-electron chi connectivity index (χ1n) is 5.11. The minimum Gasteiger partial charge on any atom is -0.393 e. The van der Waals surface area contributed by atoms with Crippen molar-refractivity contribution in [1.82, 2.24) is 0 Å². The van der Waals surface area contributed by atoms with Gasteiger partial charge in [0.1, 0.15) is 0 Å². The van der Waals surface area contributed by atoms with E-state index < -0.39 is 0 Å². The summed E-state index contributed by atoms with van der Waals surface area (Å²) in [5.41, 5.74) is 0.305. The largest absolute Gasteiger partial charge is 0.393 e. The van der Waals surface area contributed by atoms with E-state index in [4.69, 9.17) is 11.6 Å². The molecule has 1 spiro atoms. The van der Waals surface area contributed by atoms with Crippen LogP contribution < -0.4 is 0 Å². The molecular weight excluding hydrogens is 251 g/mol. The molecule has 0 bridgehead atoms. The SMILES string of the molecule is OC1CCCC2(CC1)C(Cl)CC2Br. The second-order valence-electron chi connectivity index (χ2n) is 4.49. The van der Waals surface area contributed by atoms with Gasteiger partial charge in [-0.15, -0.1) is 11.6 Å². The average Bonchev–Trinajstić information content (AvgIpc) is 2.29. The highest BCUT2D eigenvalue weighted by Crippen LogP contribution is 2.56. The molecule has 0 amide bonds. The van der Waals surface area contributed by atoms with Gasteiger partial charge in [0.2, 0.25) is 0 Å². The van der Waals surface area contributed by atoms with E-state index in [-0.39, 0.29) is 6.10 Å². The zero-order valence-corrected chi connectivity index (χ0v) is 10.0. The Morgan fingerprint density at radius 3 is 2.69 bits per heavy atom. The topological polar surface area (TPSA) is 20.2 Å². The van der Waals surface area contributed by atoms with Gasteiger partial charge in [0.05, 0.1) is 6.10 Å². The molecule has 4 unspecified atom stereocenters. The zero-order chi connectivity index (χ0) is 9.47. The van der Waals surface area contributed by atoms with Crippen molar-refractivity contribution in [2.75, 3.05) is 0 Å². The van der Waals surface area contributed by atoms with Gasteiger partial charge in [-0.25, -0.2) is 0 Å². The van der Waals surface area contributed by atoms with Gasteiger partial charge in [0.15, 0.2) is 0 Å². The summed E-state index contributed by atoms with van der Waals surface area (Å²) in [5, 5.41) is 9.89. The summed E-state index contributed by atoms with van der Waals surface area (Å²) in [6.45, 7) is 0. The van der Waals surface area contributed by atoms with Crippen LogP contribution in [0.2, 0.25) is 0 Å². The molecule has 4 atom stereocenters. The number of halogens is 2. The maximum atomic E-state index is 9.56. The average molecular weight is 268 g/mol. The molecule has 0 radical (unpaired) electrons. The zero-order valence-electron chi connectivity index (χ0n) is 7.68. The molecule has 2 aliphatic rings. The van der Waals surface area contributed by atoms with Gasteiger partial charge in [0.25, 0.3) is 0 Å². The van der Waals surface area contributed by atoms with Crippen LogP contribution in [0.25, 0.3) is 0 Å². The Morgan fingerprint density at radius 2 is 2.08 bits per heavy atom. The summed E-state index contributed by atoms with van der Waals surface area (Å²) in [7, 11) is 0.